The summed E-state index contributed by atoms with van der Waals surface area (Å²) in [5, 5.41) is 8.86. The third-order valence-electron chi connectivity index (χ3n) is 3.52. The first-order valence-electron chi connectivity index (χ1n) is 7.49. The van der Waals surface area contributed by atoms with Crippen LogP contribution in [0.5, 0.6) is 0 Å². The molecule has 5 nitrogen and oxygen atoms in total. The van der Waals surface area contributed by atoms with Crippen LogP contribution in [0.4, 0.5) is 14.5 Å². The minimum Gasteiger partial charge on any atom is -0.354 e. The Balaban J connectivity index is 1.57. The molecule has 0 bridgehead atoms. The lowest BCUT2D eigenvalue weighted by molar-refractivity contribution is 0.0947. The van der Waals surface area contributed by atoms with E-state index >= 15 is 0 Å². The molecule has 0 fully saturated rings. The third kappa shape index (κ3) is 3.87. The van der Waals surface area contributed by atoms with E-state index in [4.69, 9.17) is 0 Å². The molecule has 2 aromatic rings. The first-order chi connectivity index (χ1) is 11.6. The molecule has 0 aromatic heterocycles. The topological polar surface area (TPSA) is 65.5 Å². The van der Waals surface area contributed by atoms with Gasteiger partial charge in [0.15, 0.2) is 5.96 Å². The van der Waals surface area contributed by atoms with Crippen molar-refractivity contribution in [3.63, 3.8) is 0 Å². The van der Waals surface area contributed by atoms with Crippen LogP contribution < -0.4 is 16.0 Å². The molecule has 7 heteroatoms. The number of anilines is 1. The summed E-state index contributed by atoms with van der Waals surface area (Å²) in [5.74, 6) is -1.44. The van der Waals surface area contributed by atoms with Gasteiger partial charge in [0.2, 0.25) is 0 Å². The van der Waals surface area contributed by atoms with Crippen LogP contribution in [0, 0.1) is 11.6 Å². The Morgan fingerprint density at radius 2 is 1.96 bits per heavy atom. The highest BCUT2D eigenvalue weighted by Crippen LogP contribution is 2.12. The molecule has 3 rings (SSSR count). The number of amides is 1. The molecule has 1 heterocycles. The van der Waals surface area contributed by atoms with E-state index in [0.29, 0.717) is 6.07 Å². The van der Waals surface area contributed by atoms with E-state index in [1.807, 2.05) is 24.3 Å². The number of guanidine groups is 1. The smallest absolute Gasteiger partial charge is 0.254 e. The first-order valence-corrected chi connectivity index (χ1v) is 7.49. The van der Waals surface area contributed by atoms with E-state index in [0.717, 1.165) is 42.4 Å². The van der Waals surface area contributed by atoms with Crippen LogP contribution in [0.1, 0.15) is 15.9 Å². The molecule has 3 N–H and O–H groups in total. The summed E-state index contributed by atoms with van der Waals surface area (Å²) in [4.78, 5) is 16.2. The van der Waals surface area contributed by atoms with Crippen molar-refractivity contribution in [3.8, 4) is 0 Å². The number of aliphatic imine (C=N–C) groups is 1. The van der Waals surface area contributed by atoms with Crippen LogP contribution >= 0.6 is 0 Å². The summed E-state index contributed by atoms with van der Waals surface area (Å²) in [6.45, 7) is 1.83. The number of nitrogens with zero attached hydrogens (tertiary/aromatic N) is 1. The van der Waals surface area contributed by atoms with Crippen molar-refractivity contribution < 1.29 is 13.6 Å². The molecule has 0 spiro atoms. The number of carbonyl (C=O) groups is 1. The molecule has 24 heavy (non-hydrogen) atoms. The normalized spacial score (nSPS) is 13.2. The molecule has 0 saturated carbocycles. The fourth-order valence-electron chi connectivity index (χ4n) is 2.28. The largest absolute Gasteiger partial charge is 0.354 e. The quantitative estimate of drug-likeness (QED) is 0.806. The summed E-state index contributed by atoms with van der Waals surface area (Å²) in [6, 6.07) is 10.3. The predicted octanol–water partition coefficient (Wildman–Crippen LogP) is 2.27. The van der Waals surface area contributed by atoms with Crippen molar-refractivity contribution in [3.05, 3.63) is 65.2 Å². The Morgan fingerprint density at radius 3 is 2.62 bits per heavy atom. The molecule has 1 aliphatic rings. The average molecular weight is 330 g/mol. The third-order valence-corrected chi connectivity index (χ3v) is 3.52. The van der Waals surface area contributed by atoms with Gasteiger partial charge < -0.3 is 16.0 Å². The van der Waals surface area contributed by atoms with Gasteiger partial charge in [0, 0.05) is 24.8 Å². The Labute approximate surface area is 137 Å². The van der Waals surface area contributed by atoms with Crippen LogP contribution in [0.2, 0.25) is 0 Å². The van der Waals surface area contributed by atoms with Gasteiger partial charge in [-0.25, -0.2) is 8.78 Å². The van der Waals surface area contributed by atoms with Gasteiger partial charge in [-0.1, -0.05) is 12.1 Å². The van der Waals surface area contributed by atoms with Gasteiger partial charge in [0.05, 0.1) is 12.1 Å². The Hall–Kier alpha value is -2.96. The average Bonchev–Trinajstić information content (AvgIpc) is 3.07. The van der Waals surface area contributed by atoms with Crippen LogP contribution in [0.15, 0.2) is 47.5 Å². The lowest BCUT2D eigenvalue weighted by atomic mass is 10.1. The van der Waals surface area contributed by atoms with Crippen LogP contribution in [-0.4, -0.2) is 25.0 Å². The van der Waals surface area contributed by atoms with Crippen LogP contribution in [-0.2, 0) is 6.54 Å². The zero-order valence-corrected chi connectivity index (χ0v) is 12.8. The molecule has 0 unspecified atom stereocenters. The van der Waals surface area contributed by atoms with Gasteiger partial charge in [-0.15, -0.1) is 0 Å². The number of rotatable bonds is 4. The Morgan fingerprint density at radius 1 is 1.17 bits per heavy atom. The minimum absolute atomic E-state index is 0.181. The van der Waals surface area contributed by atoms with Gasteiger partial charge in [-0.05, 0) is 29.8 Å². The highest BCUT2D eigenvalue weighted by Gasteiger charge is 2.12. The van der Waals surface area contributed by atoms with E-state index in [9.17, 15) is 13.6 Å². The summed E-state index contributed by atoms with van der Waals surface area (Å²) < 4.78 is 26.4. The van der Waals surface area contributed by atoms with Crippen LogP contribution in [0.3, 0.4) is 0 Å². The second-order valence-electron chi connectivity index (χ2n) is 5.29. The standard InChI is InChI=1S/C17H16F2N4O/c18-12-3-6-14(15(19)9-12)16(24)22-10-11-1-4-13(5-2-11)23-17-20-7-8-21-17/h1-6,9H,7-8,10H2,(H,22,24)(H2,20,21,23). The molecule has 0 atom stereocenters. The highest BCUT2D eigenvalue weighted by atomic mass is 19.1. The Bertz CT molecular complexity index is 775. The van der Waals surface area contributed by atoms with E-state index in [2.05, 4.69) is 20.9 Å². The molecule has 124 valence electrons. The predicted molar refractivity (Wildman–Crippen MR) is 87.9 cm³/mol. The van der Waals surface area contributed by atoms with Crippen LogP contribution in [0.25, 0.3) is 0 Å². The number of hydrogen-bond donors (Lipinski definition) is 3. The molecule has 2 aromatic carbocycles. The summed E-state index contributed by atoms with van der Waals surface area (Å²) in [6.07, 6.45) is 0. The minimum atomic E-state index is -0.878. The zero-order chi connectivity index (χ0) is 16.9. The van der Waals surface area contributed by atoms with Gasteiger partial charge >= 0.3 is 0 Å². The maximum atomic E-state index is 13.5. The van der Waals surface area contributed by atoms with Gasteiger partial charge in [0.25, 0.3) is 5.91 Å². The van der Waals surface area contributed by atoms with E-state index in [-0.39, 0.29) is 12.1 Å². The number of carbonyl (C=O) groups excluding carboxylic acids is 1. The molecular formula is C17H16F2N4O. The molecule has 0 saturated heterocycles. The van der Waals surface area contributed by atoms with Gasteiger partial charge in [-0.2, -0.15) is 0 Å². The maximum absolute atomic E-state index is 13.5. The van der Waals surface area contributed by atoms with Crippen molar-refractivity contribution in [2.24, 2.45) is 4.99 Å². The number of nitrogens with one attached hydrogen (secondary N) is 3. The summed E-state index contributed by atoms with van der Waals surface area (Å²) in [5.41, 5.74) is 1.56. The second-order valence-corrected chi connectivity index (χ2v) is 5.29. The summed E-state index contributed by atoms with van der Waals surface area (Å²) in [7, 11) is 0. The summed E-state index contributed by atoms with van der Waals surface area (Å²) >= 11 is 0. The number of benzene rings is 2. The molecule has 1 aliphatic heterocycles. The molecule has 1 amide bonds. The fourth-order valence-corrected chi connectivity index (χ4v) is 2.28. The molecule has 0 radical (unpaired) electrons. The first kappa shape index (κ1) is 15.9. The van der Waals surface area contributed by atoms with E-state index in [1.165, 1.54) is 0 Å². The van der Waals surface area contributed by atoms with Gasteiger partial charge in [0.1, 0.15) is 11.6 Å². The lowest BCUT2D eigenvalue weighted by Gasteiger charge is -2.09. The molecule has 0 aliphatic carbocycles. The number of hydrogen-bond acceptors (Lipinski definition) is 4. The zero-order valence-electron chi connectivity index (χ0n) is 12.8. The fraction of sp³-hybridized carbons (Fsp3) is 0.176. The van der Waals surface area contributed by atoms with E-state index < -0.39 is 17.5 Å². The van der Waals surface area contributed by atoms with Gasteiger partial charge in [-0.3, -0.25) is 9.79 Å². The van der Waals surface area contributed by atoms with Crippen molar-refractivity contribution in [2.75, 3.05) is 18.4 Å². The monoisotopic (exact) mass is 330 g/mol. The maximum Gasteiger partial charge on any atom is 0.254 e. The second kappa shape index (κ2) is 7.08. The lowest BCUT2D eigenvalue weighted by Crippen LogP contribution is -2.26. The van der Waals surface area contributed by atoms with Crippen molar-refractivity contribution in [1.82, 2.24) is 10.6 Å². The number of halogens is 2. The molecular weight excluding hydrogens is 314 g/mol. The Kier molecular flexibility index (Phi) is 4.69. The van der Waals surface area contributed by atoms with Crippen molar-refractivity contribution in [1.29, 1.82) is 0 Å². The van der Waals surface area contributed by atoms with Crippen molar-refractivity contribution >= 4 is 17.6 Å². The van der Waals surface area contributed by atoms with E-state index in [1.54, 1.807) is 0 Å². The highest BCUT2D eigenvalue weighted by molar-refractivity contribution is 5.95. The SMILES string of the molecule is O=C(NCc1ccc(NC2=NCCN2)cc1)c1ccc(F)cc1F. The van der Waals surface area contributed by atoms with Crippen molar-refractivity contribution in [2.45, 2.75) is 6.54 Å².